The zero-order chi connectivity index (χ0) is 12.1. The maximum atomic E-state index is 11.7. The molecule has 1 aromatic rings. The van der Waals surface area contributed by atoms with Crippen LogP contribution in [0.2, 0.25) is 0 Å². The molecule has 0 aliphatic heterocycles. The van der Waals surface area contributed by atoms with Crippen molar-refractivity contribution in [3.8, 4) is 0 Å². The predicted molar refractivity (Wildman–Crippen MR) is 67.1 cm³/mol. The smallest absolute Gasteiger partial charge is 0.261 e. The number of carbonyl (C=O) groups excluding carboxylic acids is 1. The largest absolute Gasteiger partial charge is 0.392 e. The lowest BCUT2D eigenvalue weighted by Crippen LogP contribution is -2.29. The van der Waals surface area contributed by atoms with Crippen molar-refractivity contribution in [2.24, 2.45) is 0 Å². The summed E-state index contributed by atoms with van der Waals surface area (Å²) >= 11 is 1.52. The fourth-order valence-electron chi connectivity index (χ4n) is 1.48. The van der Waals surface area contributed by atoms with Crippen molar-refractivity contribution >= 4 is 17.2 Å². The van der Waals surface area contributed by atoms with Gasteiger partial charge in [-0.15, -0.1) is 11.3 Å². The van der Waals surface area contributed by atoms with Gasteiger partial charge >= 0.3 is 0 Å². The SMILES string of the molecule is CCCc1cc(C(=O)NC[C@H](C)O)sc1C. The number of aryl methyl sites for hydroxylation is 2. The minimum Gasteiger partial charge on any atom is -0.392 e. The summed E-state index contributed by atoms with van der Waals surface area (Å²) in [6.07, 6.45) is 1.61. The van der Waals surface area contributed by atoms with Gasteiger partial charge in [0.1, 0.15) is 0 Å². The standard InChI is InChI=1S/C12H19NO2S/c1-4-5-10-6-11(16-9(10)3)12(15)13-7-8(2)14/h6,8,14H,4-5,7H2,1-3H3,(H,13,15)/t8-/m0/s1. The van der Waals surface area contributed by atoms with Crippen LogP contribution in [0.1, 0.15) is 40.4 Å². The first-order chi connectivity index (χ1) is 7.54. The number of amides is 1. The zero-order valence-electron chi connectivity index (χ0n) is 10.0. The van der Waals surface area contributed by atoms with Crippen LogP contribution >= 0.6 is 11.3 Å². The molecular formula is C12H19NO2S. The second-order valence-electron chi connectivity index (χ2n) is 4.00. The number of hydrogen-bond donors (Lipinski definition) is 2. The molecule has 0 aliphatic rings. The summed E-state index contributed by atoms with van der Waals surface area (Å²) in [7, 11) is 0. The van der Waals surface area contributed by atoms with E-state index in [1.165, 1.54) is 21.8 Å². The van der Waals surface area contributed by atoms with Crippen LogP contribution in [0.4, 0.5) is 0 Å². The Morgan fingerprint density at radius 1 is 1.62 bits per heavy atom. The van der Waals surface area contributed by atoms with Gasteiger partial charge in [0.25, 0.3) is 5.91 Å². The highest BCUT2D eigenvalue weighted by molar-refractivity contribution is 7.14. The molecule has 4 heteroatoms. The zero-order valence-corrected chi connectivity index (χ0v) is 10.9. The lowest BCUT2D eigenvalue weighted by molar-refractivity contribution is 0.0928. The van der Waals surface area contributed by atoms with E-state index in [-0.39, 0.29) is 5.91 Å². The molecule has 1 aromatic heterocycles. The molecule has 0 saturated carbocycles. The molecule has 1 atom stereocenters. The van der Waals surface area contributed by atoms with E-state index in [0.717, 1.165) is 17.7 Å². The third-order valence-corrected chi connectivity index (χ3v) is 3.41. The monoisotopic (exact) mass is 241 g/mol. The molecule has 0 aliphatic carbocycles. The number of hydrogen-bond acceptors (Lipinski definition) is 3. The Hall–Kier alpha value is -0.870. The van der Waals surface area contributed by atoms with Gasteiger partial charge in [0.2, 0.25) is 0 Å². The average molecular weight is 241 g/mol. The quantitative estimate of drug-likeness (QED) is 0.829. The van der Waals surface area contributed by atoms with Crippen LogP contribution in [-0.2, 0) is 6.42 Å². The topological polar surface area (TPSA) is 49.3 Å². The molecule has 0 radical (unpaired) electrons. The summed E-state index contributed by atoms with van der Waals surface area (Å²) in [5.41, 5.74) is 1.26. The second kappa shape index (κ2) is 6.01. The molecule has 1 rings (SSSR count). The second-order valence-corrected chi connectivity index (χ2v) is 5.26. The minimum atomic E-state index is -0.500. The van der Waals surface area contributed by atoms with E-state index in [1.54, 1.807) is 6.92 Å². The maximum absolute atomic E-state index is 11.7. The highest BCUT2D eigenvalue weighted by atomic mass is 32.1. The van der Waals surface area contributed by atoms with E-state index in [1.807, 2.05) is 13.0 Å². The van der Waals surface area contributed by atoms with Crippen LogP contribution in [0.25, 0.3) is 0 Å². The number of thiophene rings is 1. The Labute approximate surface area is 100 Å². The van der Waals surface area contributed by atoms with Crippen molar-refractivity contribution in [3.05, 3.63) is 21.4 Å². The Balaban J connectivity index is 2.65. The Morgan fingerprint density at radius 3 is 2.88 bits per heavy atom. The molecule has 0 saturated heterocycles. The number of aliphatic hydroxyl groups is 1. The summed E-state index contributed by atoms with van der Waals surface area (Å²) in [6, 6.07) is 1.96. The summed E-state index contributed by atoms with van der Waals surface area (Å²) in [4.78, 5) is 13.7. The highest BCUT2D eigenvalue weighted by Gasteiger charge is 2.12. The number of rotatable bonds is 5. The van der Waals surface area contributed by atoms with Gasteiger partial charge in [0, 0.05) is 11.4 Å². The molecule has 3 nitrogen and oxygen atoms in total. The maximum Gasteiger partial charge on any atom is 0.261 e. The summed E-state index contributed by atoms with van der Waals surface area (Å²) in [6.45, 7) is 6.13. The lowest BCUT2D eigenvalue weighted by Gasteiger charge is -2.04. The molecular weight excluding hydrogens is 222 g/mol. The first kappa shape index (κ1) is 13.2. The van der Waals surface area contributed by atoms with Crippen molar-refractivity contribution in [1.29, 1.82) is 0 Å². The number of carbonyl (C=O) groups is 1. The summed E-state index contributed by atoms with van der Waals surface area (Å²) < 4.78 is 0. The first-order valence-electron chi connectivity index (χ1n) is 5.60. The van der Waals surface area contributed by atoms with Crippen molar-refractivity contribution < 1.29 is 9.90 Å². The fraction of sp³-hybridized carbons (Fsp3) is 0.583. The van der Waals surface area contributed by atoms with Crippen molar-refractivity contribution in [2.75, 3.05) is 6.54 Å². The van der Waals surface area contributed by atoms with Gasteiger partial charge < -0.3 is 10.4 Å². The van der Waals surface area contributed by atoms with Crippen LogP contribution in [0.5, 0.6) is 0 Å². The molecule has 1 heterocycles. The summed E-state index contributed by atoms with van der Waals surface area (Å²) in [5.74, 6) is -0.0867. The average Bonchev–Trinajstić information content (AvgIpc) is 2.57. The Kier molecular flexibility index (Phi) is 4.96. The van der Waals surface area contributed by atoms with Gasteiger partial charge in [-0.2, -0.15) is 0 Å². The van der Waals surface area contributed by atoms with Crippen LogP contribution in [0, 0.1) is 6.92 Å². The lowest BCUT2D eigenvalue weighted by atomic mass is 10.1. The van der Waals surface area contributed by atoms with Crippen molar-refractivity contribution in [3.63, 3.8) is 0 Å². The third kappa shape index (κ3) is 3.61. The van der Waals surface area contributed by atoms with Crippen LogP contribution < -0.4 is 5.32 Å². The van der Waals surface area contributed by atoms with Crippen LogP contribution in [-0.4, -0.2) is 23.7 Å². The van der Waals surface area contributed by atoms with E-state index >= 15 is 0 Å². The molecule has 90 valence electrons. The predicted octanol–water partition coefficient (Wildman–Crippen LogP) is 2.12. The van der Waals surface area contributed by atoms with E-state index in [0.29, 0.717) is 6.54 Å². The summed E-state index contributed by atoms with van der Waals surface area (Å²) in [5, 5.41) is 11.8. The molecule has 0 bridgehead atoms. The number of nitrogens with one attached hydrogen (secondary N) is 1. The molecule has 0 aromatic carbocycles. The van der Waals surface area contributed by atoms with Gasteiger partial charge in [-0.05, 0) is 31.9 Å². The number of aliphatic hydroxyl groups excluding tert-OH is 1. The Morgan fingerprint density at radius 2 is 2.31 bits per heavy atom. The third-order valence-electron chi connectivity index (χ3n) is 2.32. The first-order valence-corrected chi connectivity index (χ1v) is 6.41. The molecule has 1 amide bonds. The van der Waals surface area contributed by atoms with E-state index in [9.17, 15) is 4.79 Å². The molecule has 0 fully saturated rings. The fourth-order valence-corrected chi connectivity index (χ4v) is 2.46. The van der Waals surface area contributed by atoms with Gasteiger partial charge in [-0.3, -0.25) is 4.79 Å². The van der Waals surface area contributed by atoms with Crippen LogP contribution in [0.15, 0.2) is 6.07 Å². The van der Waals surface area contributed by atoms with Gasteiger partial charge in [0.15, 0.2) is 0 Å². The van der Waals surface area contributed by atoms with E-state index in [4.69, 9.17) is 5.11 Å². The normalized spacial score (nSPS) is 12.5. The van der Waals surface area contributed by atoms with E-state index in [2.05, 4.69) is 12.2 Å². The molecule has 16 heavy (non-hydrogen) atoms. The molecule has 2 N–H and O–H groups in total. The highest BCUT2D eigenvalue weighted by Crippen LogP contribution is 2.22. The van der Waals surface area contributed by atoms with E-state index < -0.39 is 6.10 Å². The van der Waals surface area contributed by atoms with Crippen LogP contribution in [0.3, 0.4) is 0 Å². The van der Waals surface area contributed by atoms with Gasteiger partial charge in [-0.1, -0.05) is 13.3 Å². The molecule has 0 unspecified atom stereocenters. The minimum absolute atomic E-state index is 0.0867. The van der Waals surface area contributed by atoms with Crippen molar-refractivity contribution in [2.45, 2.75) is 39.7 Å². The molecule has 0 spiro atoms. The van der Waals surface area contributed by atoms with Crippen molar-refractivity contribution in [1.82, 2.24) is 5.32 Å². The van der Waals surface area contributed by atoms with Gasteiger partial charge in [-0.25, -0.2) is 0 Å². The van der Waals surface area contributed by atoms with Gasteiger partial charge in [0.05, 0.1) is 11.0 Å². The Bertz CT molecular complexity index is 358.